The van der Waals surface area contributed by atoms with Crippen molar-refractivity contribution in [2.45, 2.75) is 0 Å². The van der Waals surface area contributed by atoms with Gasteiger partial charge in [0, 0.05) is 24.3 Å². The summed E-state index contributed by atoms with van der Waals surface area (Å²) in [4.78, 5) is 22.9. The van der Waals surface area contributed by atoms with Crippen LogP contribution in [0.4, 0.5) is 5.69 Å². The van der Waals surface area contributed by atoms with E-state index in [0.717, 1.165) is 5.69 Å². The fraction of sp³-hybridized carbons (Fsp3) is 0.0714. The molecule has 0 saturated heterocycles. The number of hydrogen-bond donors (Lipinski definition) is 2. The van der Waals surface area contributed by atoms with Gasteiger partial charge in [-0.25, -0.2) is 4.79 Å². The zero-order chi connectivity index (χ0) is 15.4. The van der Waals surface area contributed by atoms with Crippen LogP contribution in [0.3, 0.4) is 0 Å². The molecule has 2 aromatic rings. The van der Waals surface area contributed by atoms with Crippen LogP contribution < -0.4 is 5.32 Å². The van der Waals surface area contributed by atoms with Crippen LogP contribution in [0, 0.1) is 0 Å². The minimum atomic E-state index is -1.14. The van der Waals surface area contributed by atoms with E-state index in [9.17, 15) is 9.59 Å². The Kier molecular flexibility index (Phi) is 4.39. The summed E-state index contributed by atoms with van der Waals surface area (Å²) in [5.74, 6) is -1.60. The average molecular weight is 306 g/mol. The maximum Gasteiger partial charge on any atom is 0.337 e. The molecule has 0 aliphatic heterocycles. The number of carboxylic acids is 1. The molecule has 1 amide bonds. The molecule has 21 heavy (non-hydrogen) atoms. The van der Waals surface area contributed by atoms with E-state index in [1.807, 2.05) is 0 Å². The van der Waals surface area contributed by atoms with Crippen LogP contribution in [0.1, 0.15) is 16.1 Å². The van der Waals surface area contributed by atoms with Crippen molar-refractivity contribution in [2.75, 3.05) is 5.32 Å². The SMILES string of the molecule is Cn1nccc1/C=C/C(=O)Nc1cc(Cl)ccc1C(=O)O. The van der Waals surface area contributed by atoms with Gasteiger partial charge in [0.2, 0.25) is 5.91 Å². The minimum Gasteiger partial charge on any atom is -0.478 e. The van der Waals surface area contributed by atoms with Crippen molar-refractivity contribution in [2.24, 2.45) is 7.05 Å². The fourth-order valence-electron chi connectivity index (χ4n) is 1.69. The van der Waals surface area contributed by atoms with E-state index in [4.69, 9.17) is 16.7 Å². The summed E-state index contributed by atoms with van der Waals surface area (Å²) >= 11 is 5.81. The average Bonchev–Trinajstić information content (AvgIpc) is 2.81. The van der Waals surface area contributed by atoms with Gasteiger partial charge in [0.1, 0.15) is 0 Å². The van der Waals surface area contributed by atoms with Crippen molar-refractivity contribution < 1.29 is 14.7 Å². The Morgan fingerprint density at radius 1 is 1.38 bits per heavy atom. The molecule has 0 saturated carbocycles. The van der Waals surface area contributed by atoms with E-state index >= 15 is 0 Å². The summed E-state index contributed by atoms with van der Waals surface area (Å²) in [6.45, 7) is 0. The lowest BCUT2D eigenvalue weighted by Crippen LogP contribution is -2.12. The second-order valence-electron chi connectivity index (χ2n) is 4.20. The molecular formula is C14H12ClN3O3. The van der Waals surface area contributed by atoms with Crippen LogP contribution in [-0.4, -0.2) is 26.8 Å². The van der Waals surface area contributed by atoms with E-state index in [-0.39, 0.29) is 11.3 Å². The highest BCUT2D eigenvalue weighted by Gasteiger charge is 2.11. The number of carbonyl (C=O) groups is 2. The van der Waals surface area contributed by atoms with Gasteiger partial charge in [0.25, 0.3) is 0 Å². The van der Waals surface area contributed by atoms with Crippen molar-refractivity contribution in [3.8, 4) is 0 Å². The molecule has 0 spiro atoms. The van der Waals surface area contributed by atoms with Gasteiger partial charge in [-0.3, -0.25) is 9.48 Å². The van der Waals surface area contributed by atoms with Gasteiger partial charge < -0.3 is 10.4 Å². The third-order valence-corrected chi connectivity index (χ3v) is 2.97. The Bertz CT molecular complexity index is 722. The second-order valence-corrected chi connectivity index (χ2v) is 4.63. The lowest BCUT2D eigenvalue weighted by molar-refractivity contribution is -0.111. The standard InChI is InChI=1S/C14H12ClN3O3/c1-18-10(6-7-16-18)3-5-13(19)17-12-8-9(15)2-4-11(12)14(20)21/h2-8H,1H3,(H,17,19)(H,20,21)/b5-3+. The summed E-state index contributed by atoms with van der Waals surface area (Å²) in [5, 5.41) is 15.9. The molecule has 1 aromatic heterocycles. The fourth-order valence-corrected chi connectivity index (χ4v) is 1.86. The van der Waals surface area contributed by atoms with E-state index in [1.165, 1.54) is 24.3 Å². The maximum atomic E-state index is 11.8. The molecule has 0 aliphatic carbocycles. The highest BCUT2D eigenvalue weighted by atomic mass is 35.5. The van der Waals surface area contributed by atoms with Crippen molar-refractivity contribution in [3.63, 3.8) is 0 Å². The monoisotopic (exact) mass is 305 g/mol. The molecule has 0 bridgehead atoms. The number of carbonyl (C=O) groups excluding carboxylic acids is 1. The highest BCUT2D eigenvalue weighted by molar-refractivity contribution is 6.31. The number of nitrogens with one attached hydrogen (secondary N) is 1. The van der Waals surface area contributed by atoms with Crippen molar-refractivity contribution in [1.82, 2.24) is 9.78 Å². The van der Waals surface area contributed by atoms with Gasteiger partial charge in [0.05, 0.1) is 16.9 Å². The van der Waals surface area contributed by atoms with Crippen LogP contribution in [0.25, 0.3) is 6.08 Å². The summed E-state index contributed by atoms with van der Waals surface area (Å²) in [6, 6.07) is 5.92. The zero-order valence-corrected chi connectivity index (χ0v) is 11.8. The van der Waals surface area contributed by atoms with E-state index in [0.29, 0.717) is 5.02 Å². The van der Waals surface area contributed by atoms with Gasteiger partial charge in [-0.05, 0) is 30.3 Å². The van der Waals surface area contributed by atoms with Crippen molar-refractivity contribution in [1.29, 1.82) is 0 Å². The molecule has 0 atom stereocenters. The molecule has 6 nitrogen and oxygen atoms in total. The van der Waals surface area contributed by atoms with Crippen molar-refractivity contribution in [3.05, 3.63) is 52.8 Å². The predicted octanol–water partition coefficient (Wildman–Crippen LogP) is 2.42. The van der Waals surface area contributed by atoms with Gasteiger partial charge >= 0.3 is 5.97 Å². The number of rotatable bonds is 4. The Morgan fingerprint density at radius 2 is 2.14 bits per heavy atom. The molecule has 0 aliphatic rings. The van der Waals surface area contributed by atoms with E-state index in [2.05, 4.69) is 10.4 Å². The third-order valence-electron chi connectivity index (χ3n) is 2.73. The number of benzene rings is 1. The predicted molar refractivity (Wildman–Crippen MR) is 79.3 cm³/mol. The number of hydrogen-bond acceptors (Lipinski definition) is 3. The summed E-state index contributed by atoms with van der Waals surface area (Å²) < 4.78 is 1.60. The lowest BCUT2D eigenvalue weighted by Gasteiger charge is -2.07. The number of aromatic nitrogens is 2. The molecule has 0 unspecified atom stereocenters. The maximum absolute atomic E-state index is 11.8. The molecule has 108 valence electrons. The molecule has 2 rings (SSSR count). The van der Waals surface area contributed by atoms with Crippen LogP contribution >= 0.6 is 11.6 Å². The number of carboxylic acid groups (broad SMARTS) is 1. The molecule has 0 radical (unpaired) electrons. The van der Waals surface area contributed by atoms with Crippen LogP contribution in [0.2, 0.25) is 5.02 Å². The number of aromatic carboxylic acids is 1. The normalized spacial score (nSPS) is 10.8. The van der Waals surface area contributed by atoms with Crippen LogP contribution in [0.15, 0.2) is 36.5 Å². The topological polar surface area (TPSA) is 84.2 Å². The summed E-state index contributed by atoms with van der Waals surface area (Å²) in [6.07, 6.45) is 4.48. The first-order valence-corrected chi connectivity index (χ1v) is 6.35. The first-order chi connectivity index (χ1) is 9.97. The van der Waals surface area contributed by atoms with Crippen molar-refractivity contribution >= 4 is 35.2 Å². The number of amides is 1. The lowest BCUT2D eigenvalue weighted by atomic mass is 10.2. The smallest absolute Gasteiger partial charge is 0.337 e. The van der Waals surface area contributed by atoms with Gasteiger partial charge in [-0.2, -0.15) is 5.10 Å². The molecule has 1 heterocycles. The Balaban J connectivity index is 2.16. The quantitative estimate of drug-likeness (QED) is 0.850. The number of anilines is 1. The second kappa shape index (κ2) is 6.23. The van der Waals surface area contributed by atoms with Gasteiger partial charge in [0.15, 0.2) is 0 Å². The molecular weight excluding hydrogens is 294 g/mol. The minimum absolute atomic E-state index is 0.0262. The molecule has 0 fully saturated rings. The highest BCUT2D eigenvalue weighted by Crippen LogP contribution is 2.21. The van der Waals surface area contributed by atoms with E-state index in [1.54, 1.807) is 30.1 Å². The Labute approximate surface area is 125 Å². The van der Waals surface area contributed by atoms with Gasteiger partial charge in [-0.1, -0.05) is 11.6 Å². The van der Waals surface area contributed by atoms with Gasteiger partial charge in [-0.15, -0.1) is 0 Å². The summed E-state index contributed by atoms with van der Waals surface area (Å²) in [7, 11) is 1.75. The Morgan fingerprint density at radius 3 is 2.76 bits per heavy atom. The number of nitrogens with zero attached hydrogens (tertiary/aromatic N) is 2. The largest absolute Gasteiger partial charge is 0.478 e. The first kappa shape index (κ1) is 14.8. The van der Waals surface area contributed by atoms with Crippen LogP contribution in [0.5, 0.6) is 0 Å². The number of halogens is 1. The number of aryl methyl sites for hydroxylation is 1. The Hall–Kier alpha value is -2.60. The molecule has 2 N–H and O–H groups in total. The first-order valence-electron chi connectivity index (χ1n) is 5.97. The molecule has 1 aromatic carbocycles. The third kappa shape index (κ3) is 3.70. The molecule has 7 heteroatoms. The van der Waals surface area contributed by atoms with E-state index < -0.39 is 11.9 Å². The van der Waals surface area contributed by atoms with Crippen LogP contribution in [-0.2, 0) is 11.8 Å². The summed E-state index contributed by atoms with van der Waals surface area (Å²) in [5.41, 5.74) is 0.867. The zero-order valence-electron chi connectivity index (χ0n) is 11.1.